The zero-order valence-electron chi connectivity index (χ0n) is 27.4. The van der Waals surface area contributed by atoms with Crippen molar-refractivity contribution in [1.82, 2.24) is 39.7 Å². The maximum Gasteiger partial charge on any atom is 0.229 e. The van der Waals surface area contributed by atoms with Gasteiger partial charge in [0.2, 0.25) is 11.8 Å². The van der Waals surface area contributed by atoms with Crippen LogP contribution in [0.1, 0.15) is 60.0 Å². The highest BCUT2D eigenvalue weighted by molar-refractivity contribution is 5.84. The molecule has 14 heteroatoms. The molecular formula is C36H37FN10O3. The monoisotopic (exact) mass is 676 g/mol. The summed E-state index contributed by atoms with van der Waals surface area (Å²) >= 11 is 0. The van der Waals surface area contributed by atoms with E-state index in [0.29, 0.717) is 49.1 Å². The number of halogens is 1. The molecule has 13 nitrogen and oxygen atoms in total. The summed E-state index contributed by atoms with van der Waals surface area (Å²) in [6, 6.07) is 27.2. The summed E-state index contributed by atoms with van der Waals surface area (Å²) in [5.41, 5.74) is 4.29. The Morgan fingerprint density at radius 2 is 1.66 bits per heavy atom. The first-order valence-corrected chi connectivity index (χ1v) is 16.8. The molecule has 50 heavy (non-hydrogen) atoms. The lowest BCUT2D eigenvalue weighted by molar-refractivity contribution is -0.0384. The van der Waals surface area contributed by atoms with Crippen LogP contribution in [-0.4, -0.2) is 81.8 Å². The highest BCUT2D eigenvalue weighted by Gasteiger charge is 2.47. The first-order valence-electron chi connectivity index (χ1n) is 16.8. The number of benzene rings is 3. The van der Waals surface area contributed by atoms with Gasteiger partial charge >= 0.3 is 0 Å². The Balaban J connectivity index is 1.15. The van der Waals surface area contributed by atoms with E-state index in [1.54, 1.807) is 10.9 Å². The number of aryl methyl sites for hydroxylation is 1. The summed E-state index contributed by atoms with van der Waals surface area (Å²) in [6.45, 7) is 4.23. The van der Waals surface area contributed by atoms with Crippen molar-refractivity contribution in [3.63, 3.8) is 0 Å². The van der Waals surface area contributed by atoms with Gasteiger partial charge in [0.05, 0.1) is 12.9 Å². The molecule has 2 fully saturated rings. The zero-order valence-corrected chi connectivity index (χ0v) is 27.4. The number of tetrazole rings is 1. The van der Waals surface area contributed by atoms with Gasteiger partial charge in [-0.15, -0.1) is 10.2 Å². The zero-order chi connectivity index (χ0) is 34.2. The van der Waals surface area contributed by atoms with Gasteiger partial charge in [-0.05, 0) is 47.4 Å². The third-order valence-corrected chi connectivity index (χ3v) is 9.62. The number of anilines is 2. The van der Waals surface area contributed by atoms with Crippen molar-refractivity contribution in [2.24, 2.45) is 0 Å². The number of hydrogen-bond donors (Lipinski definition) is 3. The van der Waals surface area contributed by atoms with Crippen LogP contribution in [0.4, 0.5) is 16.2 Å². The van der Waals surface area contributed by atoms with Crippen LogP contribution in [0.25, 0.3) is 11.2 Å². The van der Waals surface area contributed by atoms with Crippen molar-refractivity contribution in [2.45, 2.75) is 56.3 Å². The van der Waals surface area contributed by atoms with Gasteiger partial charge < -0.3 is 25.2 Å². The van der Waals surface area contributed by atoms with Crippen molar-refractivity contribution in [1.29, 1.82) is 0 Å². The minimum absolute atomic E-state index is 0.0162. The smallest absolute Gasteiger partial charge is 0.229 e. The Labute approximate surface area is 287 Å². The lowest BCUT2D eigenvalue weighted by atomic mass is 9.91. The maximum atomic E-state index is 13.7. The van der Waals surface area contributed by atoms with Crippen molar-refractivity contribution in [3.05, 3.63) is 120 Å². The van der Waals surface area contributed by atoms with E-state index < -0.39 is 24.5 Å². The van der Waals surface area contributed by atoms with Crippen LogP contribution >= 0.6 is 0 Å². The number of nitrogens with one attached hydrogen (secondary N) is 1. The van der Waals surface area contributed by atoms with Gasteiger partial charge in [-0.25, -0.2) is 9.37 Å². The van der Waals surface area contributed by atoms with Gasteiger partial charge in [0.15, 0.2) is 29.3 Å². The van der Waals surface area contributed by atoms with Crippen molar-refractivity contribution < 1.29 is 19.3 Å². The molecule has 0 spiro atoms. The summed E-state index contributed by atoms with van der Waals surface area (Å²) in [6.07, 6.45) is -2.27. The van der Waals surface area contributed by atoms with Gasteiger partial charge in [-0.3, -0.25) is 4.57 Å². The summed E-state index contributed by atoms with van der Waals surface area (Å²) in [5, 5.41) is 38.2. The van der Waals surface area contributed by atoms with E-state index in [1.807, 2.05) is 55.5 Å². The summed E-state index contributed by atoms with van der Waals surface area (Å²) in [5.74, 6) is 1.13. The van der Waals surface area contributed by atoms with Gasteiger partial charge in [0.1, 0.15) is 18.0 Å². The summed E-state index contributed by atoms with van der Waals surface area (Å²) < 4.78 is 21.5. The third-order valence-electron chi connectivity index (χ3n) is 9.62. The molecule has 0 saturated carbocycles. The molecule has 0 radical (unpaired) electrons. The molecule has 5 heterocycles. The number of aliphatic hydroxyl groups excluding tert-OH is 2. The Bertz CT molecular complexity index is 2020. The van der Waals surface area contributed by atoms with E-state index in [4.69, 9.17) is 19.7 Å². The molecule has 5 atom stereocenters. The Kier molecular flexibility index (Phi) is 8.64. The molecule has 256 valence electrons. The second-order valence-electron chi connectivity index (χ2n) is 12.7. The van der Waals surface area contributed by atoms with Crippen LogP contribution in [0.2, 0.25) is 0 Å². The first-order chi connectivity index (χ1) is 24.5. The van der Waals surface area contributed by atoms with E-state index in [9.17, 15) is 14.6 Å². The van der Waals surface area contributed by atoms with Crippen LogP contribution in [0.5, 0.6) is 0 Å². The number of fused-ring (bicyclic) bond motifs is 1. The predicted octanol–water partition coefficient (Wildman–Crippen LogP) is 4.20. The van der Waals surface area contributed by atoms with Crippen LogP contribution in [-0.2, 0) is 11.3 Å². The largest absolute Gasteiger partial charge is 0.387 e. The number of aromatic nitrogens is 8. The molecule has 8 rings (SSSR count). The highest BCUT2D eigenvalue weighted by atomic mass is 19.1. The van der Waals surface area contributed by atoms with E-state index in [1.165, 1.54) is 16.9 Å². The lowest BCUT2D eigenvalue weighted by Crippen LogP contribution is -2.29. The van der Waals surface area contributed by atoms with Crippen LogP contribution in [0.15, 0.2) is 91.3 Å². The Morgan fingerprint density at radius 1 is 0.940 bits per heavy atom. The maximum absolute atomic E-state index is 13.7. The van der Waals surface area contributed by atoms with Gasteiger partial charge in [0, 0.05) is 31.5 Å². The number of hydrogen-bond acceptors (Lipinski definition) is 11. The molecule has 0 bridgehead atoms. The van der Waals surface area contributed by atoms with E-state index >= 15 is 0 Å². The highest BCUT2D eigenvalue weighted by Crippen LogP contribution is 2.40. The fourth-order valence-electron chi connectivity index (χ4n) is 6.91. The minimum atomic E-state index is -1.32. The molecule has 0 amide bonds. The topological polar surface area (TPSA) is 152 Å². The predicted molar refractivity (Wildman–Crippen MR) is 183 cm³/mol. The standard InChI is InChI=1S/C36H37FN10O3/c1-2-47-43-33(42-44-47)31-29(48)30(49)35(50-31)46-21-39-28-32(38-19-27(23-9-5-3-6-10-23)24-11-7-4-8-12-24)40-36(41-34(28)46)45-18-17-25(20-45)22-13-15-26(37)16-14-22/h3-16,21,25,27,29-31,35,48-49H,2,17-20H2,1H3,(H,38,40,41)/t25-,29+,30-,31+,35-/m1/s1. The second kappa shape index (κ2) is 13.5. The van der Waals surface area contributed by atoms with E-state index in [2.05, 4.69) is 49.9 Å². The number of aliphatic hydroxyl groups is 2. The molecule has 0 unspecified atom stereocenters. The average Bonchev–Trinajstić information content (AvgIpc) is 3.97. The second-order valence-corrected chi connectivity index (χ2v) is 12.7. The van der Waals surface area contributed by atoms with E-state index in [0.717, 1.165) is 23.1 Å². The van der Waals surface area contributed by atoms with Gasteiger partial charge in [0.25, 0.3) is 0 Å². The van der Waals surface area contributed by atoms with Gasteiger partial charge in [-0.1, -0.05) is 72.8 Å². The number of ether oxygens (including phenoxy) is 1. The van der Waals surface area contributed by atoms with Crippen LogP contribution in [0, 0.1) is 5.82 Å². The summed E-state index contributed by atoms with van der Waals surface area (Å²) in [4.78, 5) is 18.2. The SMILES string of the molecule is CCn1nnc([C@H]2O[C@@H](n3cnc4c(NCC(c5ccccc5)c5ccccc5)nc(N5CC[C@@H](c6ccc(F)cc6)C5)nc43)[C@H](O)[C@@H]2O)n1. The number of rotatable bonds is 10. The lowest BCUT2D eigenvalue weighted by Gasteiger charge is -2.22. The molecule has 3 N–H and O–H groups in total. The fourth-order valence-corrected chi connectivity index (χ4v) is 6.91. The molecule has 2 aliphatic heterocycles. The Hall–Kier alpha value is -5.31. The number of nitrogens with zero attached hydrogens (tertiary/aromatic N) is 9. The van der Waals surface area contributed by atoms with Crippen molar-refractivity contribution in [2.75, 3.05) is 29.9 Å². The fraction of sp³-hybridized carbons (Fsp3) is 0.333. The molecule has 3 aromatic heterocycles. The molecule has 6 aromatic rings. The third kappa shape index (κ3) is 6.06. The van der Waals surface area contributed by atoms with Gasteiger partial charge in [-0.2, -0.15) is 14.8 Å². The molecule has 2 saturated heterocycles. The molecular weight excluding hydrogens is 639 g/mol. The number of imidazole rings is 1. The first kappa shape index (κ1) is 31.9. The van der Waals surface area contributed by atoms with Crippen molar-refractivity contribution >= 4 is 22.9 Å². The van der Waals surface area contributed by atoms with Crippen molar-refractivity contribution in [3.8, 4) is 0 Å². The minimum Gasteiger partial charge on any atom is -0.387 e. The summed E-state index contributed by atoms with van der Waals surface area (Å²) in [7, 11) is 0. The average molecular weight is 677 g/mol. The van der Waals surface area contributed by atoms with Crippen LogP contribution in [0.3, 0.4) is 0 Å². The molecule has 3 aromatic carbocycles. The molecule has 2 aliphatic rings. The normalized spacial score (nSPS) is 22.2. The quantitative estimate of drug-likeness (QED) is 0.191. The molecule has 0 aliphatic carbocycles. The van der Waals surface area contributed by atoms with E-state index in [-0.39, 0.29) is 23.5 Å². The van der Waals surface area contributed by atoms with Crippen LogP contribution < -0.4 is 10.2 Å². The Morgan fingerprint density at radius 3 is 2.34 bits per heavy atom.